The molecule has 0 spiro atoms. The monoisotopic (exact) mass is 301 g/mol. The summed E-state index contributed by atoms with van der Waals surface area (Å²) in [7, 11) is 0. The van der Waals surface area contributed by atoms with E-state index in [9.17, 15) is 17.6 Å². The van der Waals surface area contributed by atoms with Crippen LogP contribution in [0.1, 0.15) is 17.0 Å². The molecule has 0 aliphatic heterocycles. The molecule has 2 aromatic rings. The number of hydrogen-bond acceptors (Lipinski definition) is 4. The molecule has 0 unspecified atom stereocenters. The smallest absolute Gasteiger partial charge is 0.419 e. The van der Waals surface area contributed by atoms with Crippen LogP contribution in [0.15, 0.2) is 24.3 Å². The van der Waals surface area contributed by atoms with E-state index >= 15 is 0 Å². The zero-order valence-electron chi connectivity index (χ0n) is 10.9. The Balaban J connectivity index is 2.34. The lowest BCUT2D eigenvalue weighted by molar-refractivity contribution is -0.140. The van der Waals surface area contributed by atoms with Crippen molar-refractivity contribution in [3.8, 4) is 11.8 Å². The first-order valence-corrected chi connectivity index (χ1v) is 5.89. The summed E-state index contributed by atoms with van der Waals surface area (Å²) in [6.45, 7) is 1.80. The minimum atomic E-state index is -4.81. The highest BCUT2D eigenvalue weighted by Crippen LogP contribution is 2.34. The Bertz CT molecular complexity index is 658. The predicted molar refractivity (Wildman–Crippen MR) is 66.1 cm³/mol. The van der Waals surface area contributed by atoms with Gasteiger partial charge in [-0.05, 0) is 31.2 Å². The lowest BCUT2D eigenvalue weighted by Crippen LogP contribution is -2.08. The molecule has 1 aromatic heterocycles. The van der Waals surface area contributed by atoms with Crippen LogP contribution in [0.2, 0.25) is 0 Å². The number of benzene rings is 1. The molecule has 0 saturated carbocycles. The highest BCUT2D eigenvalue weighted by molar-refractivity contribution is 5.33. The van der Waals surface area contributed by atoms with Crippen LogP contribution in [0.25, 0.3) is 0 Å². The standard InChI is InChI=1S/C13H11F4N3O/c1-7-4-8(6-18)20-12(19-7)21-9-2-3-11(14)10(5-9)13(15,16)17/h2-5H,6,18H2,1H3. The van der Waals surface area contributed by atoms with Crippen molar-refractivity contribution in [2.75, 3.05) is 0 Å². The summed E-state index contributed by atoms with van der Waals surface area (Å²) < 4.78 is 56.1. The molecule has 0 radical (unpaired) electrons. The third-order valence-electron chi connectivity index (χ3n) is 2.55. The van der Waals surface area contributed by atoms with E-state index in [2.05, 4.69) is 9.97 Å². The van der Waals surface area contributed by atoms with E-state index in [1.54, 1.807) is 13.0 Å². The maximum atomic E-state index is 13.2. The maximum Gasteiger partial charge on any atom is 0.419 e. The average Bonchev–Trinajstić information content (AvgIpc) is 2.39. The van der Waals surface area contributed by atoms with Crippen LogP contribution in [0.5, 0.6) is 11.8 Å². The highest BCUT2D eigenvalue weighted by Gasteiger charge is 2.34. The van der Waals surface area contributed by atoms with E-state index in [-0.39, 0.29) is 18.3 Å². The van der Waals surface area contributed by atoms with Crippen molar-refractivity contribution in [1.29, 1.82) is 0 Å². The molecule has 1 aromatic carbocycles. The second-order valence-electron chi connectivity index (χ2n) is 4.23. The first-order valence-electron chi connectivity index (χ1n) is 5.89. The molecule has 0 saturated heterocycles. The number of rotatable bonds is 3. The van der Waals surface area contributed by atoms with Crippen LogP contribution < -0.4 is 10.5 Å². The molecule has 0 fully saturated rings. The lowest BCUT2D eigenvalue weighted by Gasteiger charge is -2.11. The van der Waals surface area contributed by atoms with Gasteiger partial charge >= 0.3 is 12.2 Å². The Morgan fingerprint density at radius 1 is 1.19 bits per heavy atom. The molecule has 0 aliphatic rings. The van der Waals surface area contributed by atoms with Gasteiger partial charge in [0.2, 0.25) is 0 Å². The molecule has 0 amide bonds. The fourth-order valence-corrected chi connectivity index (χ4v) is 1.65. The Morgan fingerprint density at radius 3 is 2.52 bits per heavy atom. The van der Waals surface area contributed by atoms with Gasteiger partial charge in [-0.2, -0.15) is 18.2 Å². The van der Waals surface area contributed by atoms with Gasteiger partial charge in [-0.15, -0.1) is 0 Å². The molecule has 2 rings (SSSR count). The van der Waals surface area contributed by atoms with Crippen molar-refractivity contribution in [2.45, 2.75) is 19.6 Å². The molecule has 4 nitrogen and oxygen atoms in total. The molecule has 0 bridgehead atoms. The summed E-state index contributed by atoms with van der Waals surface area (Å²) >= 11 is 0. The fraction of sp³-hybridized carbons (Fsp3) is 0.231. The Morgan fingerprint density at radius 2 is 1.90 bits per heavy atom. The van der Waals surface area contributed by atoms with E-state index in [4.69, 9.17) is 10.5 Å². The summed E-state index contributed by atoms with van der Waals surface area (Å²) in [6, 6.07) is 3.79. The van der Waals surface area contributed by atoms with Crippen LogP contribution in [0.4, 0.5) is 17.6 Å². The van der Waals surface area contributed by atoms with Gasteiger partial charge < -0.3 is 10.5 Å². The minimum Gasteiger partial charge on any atom is -0.424 e. The van der Waals surface area contributed by atoms with Crippen LogP contribution >= 0.6 is 0 Å². The number of aromatic nitrogens is 2. The molecule has 2 N–H and O–H groups in total. The quantitative estimate of drug-likeness (QED) is 0.884. The van der Waals surface area contributed by atoms with Gasteiger partial charge in [0, 0.05) is 12.2 Å². The fourth-order valence-electron chi connectivity index (χ4n) is 1.65. The number of ether oxygens (including phenoxy) is 1. The zero-order chi connectivity index (χ0) is 15.6. The predicted octanol–water partition coefficient (Wildman–Crippen LogP) is 3.19. The van der Waals surface area contributed by atoms with Gasteiger partial charge in [0.15, 0.2) is 0 Å². The summed E-state index contributed by atoms with van der Waals surface area (Å²) in [4.78, 5) is 7.86. The van der Waals surface area contributed by atoms with Crippen molar-refractivity contribution in [1.82, 2.24) is 9.97 Å². The molecule has 0 aliphatic carbocycles. The largest absolute Gasteiger partial charge is 0.424 e. The van der Waals surface area contributed by atoms with Gasteiger partial charge in [0.25, 0.3) is 0 Å². The lowest BCUT2D eigenvalue weighted by atomic mass is 10.2. The topological polar surface area (TPSA) is 61.0 Å². The van der Waals surface area contributed by atoms with Gasteiger partial charge in [0.1, 0.15) is 11.6 Å². The van der Waals surface area contributed by atoms with Crippen molar-refractivity contribution < 1.29 is 22.3 Å². The maximum absolute atomic E-state index is 13.2. The SMILES string of the molecule is Cc1cc(CN)nc(Oc2ccc(F)c(C(F)(F)F)c2)n1. The van der Waals surface area contributed by atoms with Crippen molar-refractivity contribution in [3.63, 3.8) is 0 Å². The van der Waals surface area contributed by atoms with Crippen LogP contribution in [0.3, 0.4) is 0 Å². The van der Waals surface area contributed by atoms with E-state index in [1.807, 2.05) is 0 Å². The number of nitrogens with zero attached hydrogens (tertiary/aromatic N) is 2. The molecular weight excluding hydrogens is 290 g/mol. The summed E-state index contributed by atoms with van der Waals surface area (Å²) in [5, 5.41) is 0. The van der Waals surface area contributed by atoms with Gasteiger partial charge in [-0.1, -0.05) is 0 Å². The van der Waals surface area contributed by atoms with Crippen molar-refractivity contribution >= 4 is 0 Å². The Kier molecular flexibility index (Phi) is 4.08. The normalized spacial score (nSPS) is 11.5. The highest BCUT2D eigenvalue weighted by atomic mass is 19.4. The number of alkyl halides is 3. The summed E-state index contributed by atoms with van der Waals surface area (Å²) in [5.74, 6) is -1.58. The first-order chi connectivity index (χ1) is 9.79. The van der Waals surface area contributed by atoms with Gasteiger partial charge in [0.05, 0.1) is 11.3 Å². The van der Waals surface area contributed by atoms with E-state index in [0.29, 0.717) is 23.5 Å². The minimum absolute atomic E-state index is 0.136. The number of nitrogens with two attached hydrogens (primary N) is 1. The number of hydrogen-bond donors (Lipinski definition) is 1. The average molecular weight is 301 g/mol. The van der Waals surface area contributed by atoms with E-state index in [1.165, 1.54) is 0 Å². The third-order valence-corrected chi connectivity index (χ3v) is 2.55. The van der Waals surface area contributed by atoms with Crippen molar-refractivity contribution in [3.05, 3.63) is 47.0 Å². The summed E-state index contributed by atoms with van der Waals surface area (Å²) in [6.07, 6.45) is -4.81. The second-order valence-corrected chi connectivity index (χ2v) is 4.23. The van der Waals surface area contributed by atoms with Crippen molar-refractivity contribution in [2.24, 2.45) is 5.73 Å². The van der Waals surface area contributed by atoms with Gasteiger partial charge in [-0.3, -0.25) is 0 Å². The molecular formula is C13H11F4N3O. The van der Waals surface area contributed by atoms with Crippen LogP contribution in [-0.4, -0.2) is 9.97 Å². The van der Waals surface area contributed by atoms with Crippen LogP contribution in [0, 0.1) is 12.7 Å². The molecule has 21 heavy (non-hydrogen) atoms. The Labute approximate surface area is 117 Å². The van der Waals surface area contributed by atoms with Crippen LogP contribution in [-0.2, 0) is 12.7 Å². The number of aryl methyl sites for hydroxylation is 1. The van der Waals surface area contributed by atoms with Gasteiger partial charge in [-0.25, -0.2) is 9.37 Å². The third kappa shape index (κ3) is 3.66. The molecule has 0 atom stereocenters. The zero-order valence-corrected chi connectivity index (χ0v) is 10.9. The molecule has 112 valence electrons. The second kappa shape index (κ2) is 5.65. The Hall–Kier alpha value is -2.22. The number of halogens is 4. The van der Waals surface area contributed by atoms with E-state index < -0.39 is 17.6 Å². The first kappa shape index (κ1) is 15.2. The molecule has 1 heterocycles. The summed E-state index contributed by atoms with van der Waals surface area (Å²) in [5.41, 5.74) is 5.06. The van der Waals surface area contributed by atoms with E-state index in [0.717, 1.165) is 6.07 Å². The molecule has 8 heteroatoms.